The Labute approximate surface area is 379 Å². The summed E-state index contributed by atoms with van der Waals surface area (Å²) in [7, 11) is 0. The Morgan fingerprint density at radius 2 is 0.631 bits per heavy atom. The molecule has 0 bridgehead atoms. The monoisotopic (exact) mass is 825 g/mol. The van der Waals surface area contributed by atoms with E-state index in [1.165, 1.54) is 105 Å². The van der Waals surface area contributed by atoms with Gasteiger partial charge in [-0.25, -0.2) is 0 Å². The second-order valence-electron chi connectivity index (χ2n) is 16.9. The maximum absolute atomic E-state index is 2.42. The first kappa shape index (κ1) is 38.2. The van der Waals surface area contributed by atoms with Gasteiger partial charge in [-0.15, -0.1) is 0 Å². The molecule has 0 radical (unpaired) electrons. The van der Waals surface area contributed by atoms with Crippen LogP contribution >= 0.6 is 0 Å². The second kappa shape index (κ2) is 16.3. The zero-order valence-electron chi connectivity index (χ0n) is 35.8. The van der Waals surface area contributed by atoms with Gasteiger partial charge in [-0.3, -0.25) is 0 Å². The van der Waals surface area contributed by atoms with Crippen molar-refractivity contribution in [3.05, 3.63) is 261 Å². The molecule has 0 aliphatic rings. The van der Waals surface area contributed by atoms with Crippen molar-refractivity contribution in [3.8, 4) is 83.6 Å². The molecule has 0 fully saturated rings. The minimum absolute atomic E-state index is 1.12. The molecule has 1 nitrogen and oxygen atoms in total. The Balaban J connectivity index is 1.06. The molecular formula is C64H43N. The van der Waals surface area contributed by atoms with Gasteiger partial charge in [0.25, 0.3) is 0 Å². The van der Waals surface area contributed by atoms with E-state index in [9.17, 15) is 0 Å². The van der Waals surface area contributed by atoms with Crippen molar-refractivity contribution in [2.45, 2.75) is 0 Å². The molecule has 0 amide bonds. The lowest BCUT2D eigenvalue weighted by molar-refractivity contribution is 1.13. The quantitative estimate of drug-likeness (QED) is 0.144. The Kier molecular flexibility index (Phi) is 9.58. The molecule has 0 spiro atoms. The minimum Gasteiger partial charge on any atom is -0.316 e. The molecule has 0 atom stereocenters. The van der Waals surface area contributed by atoms with Crippen LogP contribution in [0.4, 0.5) is 0 Å². The Morgan fingerprint density at radius 3 is 1.20 bits per heavy atom. The summed E-state index contributed by atoms with van der Waals surface area (Å²) in [6, 6.07) is 93.1. The van der Waals surface area contributed by atoms with Crippen molar-refractivity contribution in [2.24, 2.45) is 0 Å². The van der Waals surface area contributed by atoms with E-state index < -0.39 is 0 Å². The minimum atomic E-state index is 1.12. The van der Waals surface area contributed by atoms with Crippen LogP contribution in [0.15, 0.2) is 261 Å². The SMILES string of the molecule is c1ccc(-c2ccc(-n3cc(-c4ccc(-c5ccc6ccccc6c5)cc4-c4ccccc4)c4cc(-c5ccc(-c6ccc7ccccc7c6)cc5-c5ccccc5)ccc43)cc2)cc1. The first-order valence-corrected chi connectivity index (χ1v) is 22.4. The standard InChI is InChI=1S/C64H43N/c1-4-14-44(15-5-1)47-28-33-57(34-29-47)65-43-63(59-36-31-55(41-61(59)49-20-8-3-9-21-49)53-27-25-46-17-11-13-23-51(46)39-53)62-42-56(32-37-64(62)65)58-35-30-54(40-60(58)48-18-6-2-7-19-48)52-26-24-45-16-10-12-22-50(45)38-52/h1-43H. The molecule has 0 aliphatic carbocycles. The lowest BCUT2D eigenvalue weighted by Gasteiger charge is -2.15. The van der Waals surface area contributed by atoms with E-state index in [2.05, 4.69) is 266 Å². The van der Waals surface area contributed by atoms with E-state index >= 15 is 0 Å². The fraction of sp³-hybridized carbons (Fsp3) is 0. The number of nitrogens with zero attached hydrogens (tertiary/aromatic N) is 1. The molecule has 12 rings (SSSR count). The fourth-order valence-electron chi connectivity index (χ4n) is 9.66. The predicted molar refractivity (Wildman–Crippen MR) is 276 cm³/mol. The lowest BCUT2D eigenvalue weighted by atomic mass is 9.88. The number of rotatable bonds is 8. The van der Waals surface area contributed by atoms with Gasteiger partial charge < -0.3 is 4.57 Å². The summed E-state index contributed by atoms with van der Waals surface area (Å²) in [6.07, 6.45) is 2.35. The highest BCUT2D eigenvalue weighted by atomic mass is 15.0. The first-order chi connectivity index (χ1) is 32.2. The normalized spacial score (nSPS) is 11.4. The molecular weight excluding hydrogens is 783 g/mol. The van der Waals surface area contributed by atoms with Crippen LogP contribution in [0.5, 0.6) is 0 Å². The van der Waals surface area contributed by atoms with Crippen LogP contribution in [0.3, 0.4) is 0 Å². The van der Waals surface area contributed by atoms with E-state index in [4.69, 9.17) is 0 Å². The van der Waals surface area contributed by atoms with Gasteiger partial charge in [0.2, 0.25) is 0 Å². The smallest absolute Gasteiger partial charge is 0.0535 e. The van der Waals surface area contributed by atoms with Crippen LogP contribution in [0.1, 0.15) is 0 Å². The summed E-state index contributed by atoms with van der Waals surface area (Å²) in [5.41, 5.74) is 19.0. The van der Waals surface area contributed by atoms with Crippen molar-refractivity contribution >= 4 is 32.4 Å². The summed E-state index contributed by atoms with van der Waals surface area (Å²) in [5.74, 6) is 0. The second-order valence-corrected chi connectivity index (χ2v) is 16.9. The van der Waals surface area contributed by atoms with Gasteiger partial charge in [0.05, 0.1) is 5.52 Å². The van der Waals surface area contributed by atoms with E-state index in [1.807, 2.05) is 0 Å². The van der Waals surface area contributed by atoms with Crippen LogP contribution in [0, 0.1) is 0 Å². The average Bonchev–Trinajstić information content (AvgIpc) is 3.77. The number of hydrogen-bond donors (Lipinski definition) is 0. The highest BCUT2D eigenvalue weighted by Gasteiger charge is 2.19. The highest BCUT2D eigenvalue weighted by molar-refractivity contribution is 6.04. The van der Waals surface area contributed by atoms with Gasteiger partial charge in [0, 0.05) is 22.8 Å². The summed E-state index contributed by atoms with van der Waals surface area (Å²) in [4.78, 5) is 0. The number of fused-ring (bicyclic) bond motifs is 3. The third-order valence-electron chi connectivity index (χ3n) is 13.0. The van der Waals surface area contributed by atoms with Gasteiger partial charge in [-0.1, -0.05) is 206 Å². The van der Waals surface area contributed by atoms with Crippen molar-refractivity contribution in [2.75, 3.05) is 0 Å². The van der Waals surface area contributed by atoms with Crippen LogP contribution < -0.4 is 0 Å². The lowest BCUT2D eigenvalue weighted by Crippen LogP contribution is -1.92. The molecule has 0 N–H and O–H groups in total. The van der Waals surface area contributed by atoms with Crippen LogP contribution in [-0.4, -0.2) is 4.57 Å². The predicted octanol–water partition coefficient (Wildman–Crippen LogP) is 17.6. The van der Waals surface area contributed by atoms with Gasteiger partial charge >= 0.3 is 0 Å². The Hall–Kier alpha value is -8.52. The molecule has 0 unspecified atom stereocenters. The highest BCUT2D eigenvalue weighted by Crippen LogP contribution is 2.44. The van der Waals surface area contributed by atoms with Crippen LogP contribution in [0.25, 0.3) is 116 Å². The van der Waals surface area contributed by atoms with Crippen molar-refractivity contribution < 1.29 is 0 Å². The average molecular weight is 826 g/mol. The molecule has 0 saturated carbocycles. The summed E-state index contributed by atoms with van der Waals surface area (Å²) in [5, 5.41) is 6.17. The molecule has 1 heteroatoms. The summed E-state index contributed by atoms with van der Waals surface area (Å²) in [6.45, 7) is 0. The molecule has 0 aliphatic heterocycles. The van der Waals surface area contributed by atoms with Crippen LogP contribution in [-0.2, 0) is 0 Å². The van der Waals surface area contributed by atoms with E-state index in [0.29, 0.717) is 0 Å². The van der Waals surface area contributed by atoms with E-state index in [-0.39, 0.29) is 0 Å². The maximum atomic E-state index is 2.42. The molecule has 0 saturated heterocycles. The molecule has 1 aromatic heterocycles. The van der Waals surface area contributed by atoms with E-state index in [0.717, 1.165) is 11.2 Å². The topological polar surface area (TPSA) is 4.93 Å². The maximum Gasteiger partial charge on any atom is 0.0535 e. The summed E-state index contributed by atoms with van der Waals surface area (Å²) < 4.78 is 2.37. The third kappa shape index (κ3) is 7.20. The molecule has 12 aromatic rings. The zero-order chi connectivity index (χ0) is 43.1. The van der Waals surface area contributed by atoms with Crippen molar-refractivity contribution in [1.29, 1.82) is 0 Å². The third-order valence-corrected chi connectivity index (χ3v) is 13.0. The van der Waals surface area contributed by atoms with Crippen LogP contribution in [0.2, 0.25) is 0 Å². The summed E-state index contributed by atoms with van der Waals surface area (Å²) >= 11 is 0. The fourth-order valence-corrected chi connectivity index (χ4v) is 9.66. The molecule has 65 heavy (non-hydrogen) atoms. The van der Waals surface area contributed by atoms with Gasteiger partial charge in [-0.05, 0) is 142 Å². The van der Waals surface area contributed by atoms with Gasteiger partial charge in [-0.2, -0.15) is 0 Å². The van der Waals surface area contributed by atoms with Crippen molar-refractivity contribution in [1.82, 2.24) is 4.57 Å². The van der Waals surface area contributed by atoms with Gasteiger partial charge in [0.15, 0.2) is 0 Å². The molecule has 1 heterocycles. The largest absolute Gasteiger partial charge is 0.316 e. The number of benzene rings is 11. The van der Waals surface area contributed by atoms with Crippen molar-refractivity contribution in [3.63, 3.8) is 0 Å². The number of hydrogen-bond acceptors (Lipinski definition) is 0. The van der Waals surface area contributed by atoms with E-state index in [1.54, 1.807) is 0 Å². The first-order valence-electron chi connectivity index (χ1n) is 22.4. The zero-order valence-corrected chi connectivity index (χ0v) is 35.8. The van der Waals surface area contributed by atoms with Gasteiger partial charge in [0.1, 0.15) is 0 Å². The molecule has 11 aromatic carbocycles. The molecule has 304 valence electrons. The Morgan fingerprint density at radius 1 is 0.215 bits per heavy atom. The number of aromatic nitrogens is 1. The Bertz CT molecular complexity index is 3670.